The van der Waals surface area contributed by atoms with E-state index in [4.69, 9.17) is 18.9 Å². The molecule has 0 aromatic heterocycles. The summed E-state index contributed by atoms with van der Waals surface area (Å²) in [6.07, 6.45) is 0. The molecule has 8 nitrogen and oxygen atoms in total. The van der Waals surface area contributed by atoms with Gasteiger partial charge >= 0.3 is 5.97 Å². The van der Waals surface area contributed by atoms with E-state index in [2.05, 4.69) is 5.32 Å². The van der Waals surface area contributed by atoms with E-state index in [0.29, 0.717) is 22.9 Å². The minimum absolute atomic E-state index is 0.0358. The third-order valence-electron chi connectivity index (χ3n) is 3.46. The van der Waals surface area contributed by atoms with Gasteiger partial charge in [-0.05, 0) is 24.3 Å². The fourth-order valence-corrected chi connectivity index (χ4v) is 2.16. The normalized spacial score (nSPS) is 9.96. The number of carbonyl (C=O) groups excluding carboxylic acids is 1. The van der Waals surface area contributed by atoms with Gasteiger partial charge in [-0.3, -0.25) is 4.79 Å². The predicted octanol–water partition coefficient (Wildman–Crippen LogP) is 2.43. The summed E-state index contributed by atoms with van der Waals surface area (Å²) in [5.74, 6) is -0.188. The largest absolute Gasteiger partial charge is 0.497 e. The van der Waals surface area contributed by atoms with Crippen LogP contribution in [0, 0.1) is 0 Å². The zero-order valence-electron chi connectivity index (χ0n) is 14.6. The number of hydrogen-bond donors (Lipinski definition) is 2. The Hall–Kier alpha value is -3.42. The van der Waals surface area contributed by atoms with Crippen molar-refractivity contribution in [3.8, 4) is 23.0 Å². The molecule has 0 aliphatic rings. The molecule has 0 saturated carbocycles. The first-order chi connectivity index (χ1) is 12.5. The first-order valence-corrected chi connectivity index (χ1v) is 7.54. The van der Waals surface area contributed by atoms with Crippen molar-refractivity contribution in [1.82, 2.24) is 0 Å². The number of methoxy groups -OCH3 is 3. The van der Waals surface area contributed by atoms with Crippen molar-refractivity contribution in [3.63, 3.8) is 0 Å². The maximum absolute atomic E-state index is 12.1. The molecule has 0 heterocycles. The van der Waals surface area contributed by atoms with Crippen LogP contribution in [-0.2, 0) is 4.79 Å². The number of carbonyl (C=O) groups is 2. The van der Waals surface area contributed by atoms with Crippen LogP contribution in [0.3, 0.4) is 0 Å². The maximum atomic E-state index is 12.1. The summed E-state index contributed by atoms with van der Waals surface area (Å²) in [5.41, 5.74) is 0.367. The average Bonchev–Trinajstić information content (AvgIpc) is 2.66. The molecule has 2 aromatic rings. The second kappa shape index (κ2) is 8.61. The molecule has 0 atom stereocenters. The van der Waals surface area contributed by atoms with E-state index < -0.39 is 11.9 Å². The number of amides is 1. The van der Waals surface area contributed by atoms with Crippen LogP contribution < -0.4 is 24.3 Å². The Bertz CT molecular complexity index is 804. The number of ether oxygens (including phenoxy) is 4. The highest BCUT2D eigenvalue weighted by atomic mass is 16.5. The lowest BCUT2D eigenvalue weighted by molar-refractivity contribution is -0.118. The number of nitrogens with one attached hydrogen (secondary N) is 1. The Morgan fingerprint density at radius 2 is 1.54 bits per heavy atom. The van der Waals surface area contributed by atoms with Gasteiger partial charge in [0.25, 0.3) is 5.91 Å². The van der Waals surface area contributed by atoms with Crippen molar-refractivity contribution in [2.45, 2.75) is 0 Å². The van der Waals surface area contributed by atoms with Gasteiger partial charge in [-0.15, -0.1) is 0 Å². The van der Waals surface area contributed by atoms with Gasteiger partial charge in [0, 0.05) is 12.1 Å². The second-order valence-corrected chi connectivity index (χ2v) is 5.07. The fraction of sp³-hybridized carbons (Fsp3) is 0.222. The topological polar surface area (TPSA) is 103 Å². The van der Waals surface area contributed by atoms with Crippen molar-refractivity contribution in [1.29, 1.82) is 0 Å². The molecule has 1 amide bonds. The van der Waals surface area contributed by atoms with Crippen molar-refractivity contribution in [3.05, 3.63) is 42.0 Å². The van der Waals surface area contributed by atoms with Gasteiger partial charge in [-0.2, -0.15) is 0 Å². The Morgan fingerprint density at radius 3 is 2.12 bits per heavy atom. The third kappa shape index (κ3) is 4.56. The van der Waals surface area contributed by atoms with Gasteiger partial charge in [0.1, 0.15) is 28.6 Å². The maximum Gasteiger partial charge on any atom is 0.339 e. The van der Waals surface area contributed by atoms with E-state index in [-0.39, 0.29) is 17.9 Å². The predicted molar refractivity (Wildman–Crippen MR) is 93.6 cm³/mol. The molecule has 0 spiro atoms. The van der Waals surface area contributed by atoms with E-state index in [1.807, 2.05) is 0 Å². The Morgan fingerprint density at radius 1 is 0.923 bits per heavy atom. The minimum Gasteiger partial charge on any atom is -0.497 e. The summed E-state index contributed by atoms with van der Waals surface area (Å²) in [7, 11) is 4.44. The van der Waals surface area contributed by atoms with E-state index in [0.717, 1.165) is 0 Å². The molecule has 138 valence electrons. The van der Waals surface area contributed by atoms with Crippen LogP contribution in [0.5, 0.6) is 23.0 Å². The van der Waals surface area contributed by atoms with Crippen LogP contribution in [0.2, 0.25) is 0 Å². The molecular weight excluding hydrogens is 342 g/mol. The highest BCUT2D eigenvalue weighted by Gasteiger charge is 2.15. The van der Waals surface area contributed by atoms with Gasteiger partial charge < -0.3 is 29.4 Å². The molecule has 2 N–H and O–H groups in total. The van der Waals surface area contributed by atoms with E-state index in [1.54, 1.807) is 18.2 Å². The van der Waals surface area contributed by atoms with Gasteiger partial charge in [-0.25, -0.2) is 4.79 Å². The van der Waals surface area contributed by atoms with E-state index in [9.17, 15) is 14.7 Å². The van der Waals surface area contributed by atoms with Gasteiger partial charge in [0.15, 0.2) is 6.61 Å². The standard InChI is InChI=1S/C18H19NO7/c1-23-11-4-6-13(18(21)22)15(8-11)26-10-17(20)19-14-7-5-12(24-2)9-16(14)25-3/h4-9H,10H2,1-3H3,(H,19,20)(H,21,22). The van der Waals surface area contributed by atoms with Crippen molar-refractivity contribution in [2.24, 2.45) is 0 Å². The molecule has 0 bridgehead atoms. The lowest BCUT2D eigenvalue weighted by Crippen LogP contribution is -2.21. The Kier molecular flexibility index (Phi) is 6.26. The molecule has 2 rings (SSSR count). The summed E-state index contributed by atoms with van der Waals surface area (Å²) in [6, 6.07) is 9.18. The van der Waals surface area contributed by atoms with Crippen molar-refractivity contribution >= 4 is 17.6 Å². The van der Waals surface area contributed by atoms with Crippen LogP contribution in [-0.4, -0.2) is 44.9 Å². The Labute approximate surface area is 150 Å². The minimum atomic E-state index is -1.17. The van der Waals surface area contributed by atoms with Crippen LogP contribution in [0.1, 0.15) is 10.4 Å². The number of aromatic carboxylic acids is 1. The highest BCUT2D eigenvalue weighted by Crippen LogP contribution is 2.29. The zero-order valence-corrected chi connectivity index (χ0v) is 14.6. The number of benzene rings is 2. The number of rotatable bonds is 8. The van der Waals surface area contributed by atoms with Crippen LogP contribution in [0.25, 0.3) is 0 Å². The summed E-state index contributed by atoms with van der Waals surface area (Å²) >= 11 is 0. The third-order valence-corrected chi connectivity index (χ3v) is 3.46. The number of carboxylic acids is 1. The SMILES string of the molecule is COc1ccc(NC(=O)COc2cc(OC)ccc2C(=O)O)c(OC)c1. The van der Waals surface area contributed by atoms with E-state index >= 15 is 0 Å². The van der Waals surface area contributed by atoms with Crippen LogP contribution in [0.4, 0.5) is 5.69 Å². The molecule has 8 heteroatoms. The van der Waals surface area contributed by atoms with Gasteiger partial charge in [0.05, 0.1) is 27.0 Å². The zero-order chi connectivity index (χ0) is 19.1. The molecule has 0 fully saturated rings. The molecule has 26 heavy (non-hydrogen) atoms. The quantitative estimate of drug-likeness (QED) is 0.744. The highest BCUT2D eigenvalue weighted by molar-refractivity contribution is 5.94. The fourth-order valence-electron chi connectivity index (χ4n) is 2.16. The molecule has 0 radical (unpaired) electrons. The van der Waals surface area contributed by atoms with Gasteiger partial charge in [0.2, 0.25) is 0 Å². The first kappa shape index (κ1) is 18.9. The Balaban J connectivity index is 2.09. The summed E-state index contributed by atoms with van der Waals surface area (Å²) in [5, 5.41) is 11.8. The van der Waals surface area contributed by atoms with Gasteiger partial charge in [-0.1, -0.05) is 0 Å². The molecule has 0 saturated heterocycles. The lowest BCUT2D eigenvalue weighted by atomic mass is 10.2. The molecule has 0 unspecified atom stereocenters. The van der Waals surface area contributed by atoms with Crippen LogP contribution in [0.15, 0.2) is 36.4 Å². The lowest BCUT2D eigenvalue weighted by Gasteiger charge is -2.13. The summed E-state index contributed by atoms with van der Waals surface area (Å²) in [4.78, 5) is 23.4. The van der Waals surface area contributed by atoms with E-state index in [1.165, 1.54) is 39.5 Å². The second-order valence-electron chi connectivity index (χ2n) is 5.07. The molecule has 0 aliphatic carbocycles. The van der Waals surface area contributed by atoms with Crippen molar-refractivity contribution < 1.29 is 33.6 Å². The molecular formula is C18H19NO7. The average molecular weight is 361 g/mol. The van der Waals surface area contributed by atoms with Crippen molar-refractivity contribution in [2.75, 3.05) is 33.3 Å². The summed E-state index contributed by atoms with van der Waals surface area (Å²) in [6.45, 7) is -0.386. The smallest absolute Gasteiger partial charge is 0.339 e. The first-order valence-electron chi connectivity index (χ1n) is 7.54. The summed E-state index contributed by atoms with van der Waals surface area (Å²) < 4.78 is 20.7. The number of hydrogen-bond acceptors (Lipinski definition) is 6. The molecule has 0 aliphatic heterocycles. The van der Waals surface area contributed by atoms with Crippen LogP contribution >= 0.6 is 0 Å². The number of anilines is 1. The molecule has 2 aromatic carbocycles. The number of carboxylic acid groups (broad SMARTS) is 1. The monoisotopic (exact) mass is 361 g/mol.